The Kier molecular flexibility index (Phi) is 3.45. The largest absolute Gasteiger partial charge is 0.340 e. The summed E-state index contributed by atoms with van der Waals surface area (Å²) in [6, 6.07) is 0. The molecule has 1 aliphatic rings. The maximum absolute atomic E-state index is 5.56. The number of aromatic nitrogens is 3. The van der Waals surface area contributed by atoms with Crippen LogP contribution in [0.4, 0.5) is 5.95 Å². The second-order valence-corrected chi connectivity index (χ2v) is 3.95. The molecule has 2 N–H and O–H groups in total. The van der Waals surface area contributed by atoms with Gasteiger partial charge in [-0.05, 0) is 31.7 Å². The fourth-order valence-corrected chi connectivity index (χ4v) is 2.04. The monoisotopic (exact) mass is 207 g/mol. The van der Waals surface area contributed by atoms with Crippen LogP contribution in [0.25, 0.3) is 0 Å². The van der Waals surface area contributed by atoms with Crippen LogP contribution in [0.5, 0.6) is 0 Å². The Morgan fingerprint density at radius 2 is 2.13 bits per heavy atom. The second kappa shape index (κ2) is 5.02. The van der Waals surface area contributed by atoms with Crippen molar-refractivity contribution in [3.8, 4) is 0 Å². The van der Waals surface area contributed by atoms with Gasteiger partial charge in [-0.1, -0.05) is 0 Å². The molecule has 0 atom stereocenters. The lowest BCUT2D eigenvalue weighted by atomic mass is 9.94. The summed E-state index contributed by atoms with van der Waals surface area (Å²) in [6.45, 7) is 2.85. The first kappa shape index (κ1) is 10.3. The Hall–Kier alpha value is -1.23. The van der Waals surface area contributed by atoms with E-state index >= 15 is 0 Å². The minimum atomic E-state index is 0.753. The van der Waals surface area contributed by atoms with Crippen molar-refractivity contribution in [1.82, 2.24) is 15.2 Å². The van der Waals surface area contributed by atoms with Crippen molar-refractivity contribution in [3.05, 3.63) is 12.4 Å². The van der Waals surface area contributed by atoms with Gasteiger partial charge in [-0.25, -0.2) is 4.98 Å². The second-order valence-electron chi connectivity index (χ2n) is 3.95. The first-order chi connectivity index (χ1) is 7.40. The maximum atomic E-state index is 5.56. The number of hydrogen-bond donors (Lipinski definition) is 1. The Morgan fingerprint density at radius 3 is 2.73 bits per heavy atom. The topological polar surface area (TPSA) is 67.9 Å². The molecule has 1 aromatic rings. The number of rotatable bonds is 3. The minimum Gasteiger partial charge on any atom is -0.340 e. The molecule has 0 aromatic carbocycles. The van der Waals surface area contributed by atoms with Crippen molar-refractivity contribution in [1.29, 1.82) is 0 Å². The molecule has 5 nitrogen and oxygen atoms in total. The molecule has 2 heterocycles. The lowest BCUT2D eigenvalue weighted by Gasteiger charge is -2.31. The lowest BCUT2D eigenvalue weighted by Crippen LogP contribution is -2.35. The first-order valence-electron chi connectivity index (χ1n) is 5.49. The summed E-state index contributed by atoms with van der Waals surface area (Å²) >= 11 is 0. The van der Waals surface area contributed by atoms with Gasteiger partial charge in [0.15, 0.2) is 0 Å². The van der Waals surface area contributed by atoms with Crippen LogP contribution in [-0.4, -0.2) is 34.8 Å². The van der Waals surface area contributed by atoms with E-state index in [-0.39, 0.29) is 0 Å². The summed E-state index contributed by atoms with van der Waals surface area (Å²) in [4.78, 5) is 6.40. The number of piperidine rings is 1. The molecule has 82 valence electrons. The van der Waals surface area contributed by atoms with E-state index in [2.05, 4.69) is 20.1 Å². The van der Waals surface area contributed by atoms with Crippen molar-refractivity contribution in [2.45, 2.75) is 19.3 Å². The number of nitrogens with zero attached hydrogens (tertiary/aromatic N) is 4. The highest BCUT2D eigenvalue weighted by molar-refractivity contribution is 5.27. The van der Waals surface area contributed by atoms with Gasteiger partial charge < -0.3 is 10.6 Å². The SMILES string of the molecule is NCCC1CCN(c2nccnn2)CC1. The molecule has 2 rings (SSSR count). The van der Waals surface area contributed by atoms with E-state index in [1.165, 1.54) is 12.8 Å². The molecular weight excluding hydrogens is 190 g/mol. The summed E-state index contributed by atoms with van der Waals surface area (Å²) in [5, 5.41) is 7.85. The highest BCUT2D eigenvalue weighted by atomic mass is 15.3. The van der Waals surface area contributed by atoms with Gasteiger partial charge in [0.25, 0.3) is 0 Å². The Labute approximate surface area is 89.7 Å². The molecule has 0 amide bonds. The van der Waals surface area contributed by atoms with Crippen LogP contribution in [0.2, 0.25) is 0 Å². The predicted molar refractivity (Wildman–Crippen MR) is 58.4 cm³/mol. The molecule has 0 saturated carbocycles. The van der Waals surface area contributed by atoms with Gasteiger partial charge in [-0.3, -0.25) is 0 Å². The van der Waals surface area contributed by atoms with Gasteiger partial charge in [0, 0.05) is 13.1 Å². The molecule has 0 radical (unpaired) electrons. The van der Waals surface area contributed by atoms with Crippen molar-refractivity contribution in [2.24, 2.45) is 11.7 Å². The zero-order chi connectivity index (χ0) is 10.5. The molecule has 1 saturated heterocycles. The predicted octanol–water partition coefficient (Wildman–Crippen LogP) is 0.437. The molecule has 15 heavy (non-hydrogen) atoms. The zero-order valence-corrected chi connectivity index (χ0v) is 8.84. The summed E-state index contributed by atoms with van der Waals surface area (Å²) in [5.41, 5.74) is 5.56. The summed E-state index contributed by atoms with van der Waals surface area (Å²) < 4.78 is 0. The van der Waals surface area contributed by atoms with Crippen LogP contribution in [-0.2, 0) is 0 Å². The molecule has 0 spiro atoms. The Bertz CT molecular complexity index is 281. The van der Waals surface area contributed by atoms with Crippen molar-refractivity contribution < 1.29 is 0 Å². The van der Waals surface area contributed by atoms with E-state index < -0.39 is 0 Å². The van der Waals surface area contributed by atoms with Gasteiger partial charge in [-0.2, -0.15) is 5.10 Å². The van der Waals surface area contributed by atoms with E-state index in [1.807, 2.05) is 0 Å². The lowest BCUT2D eigenvalue weighted by molar-refractivity contribution is 0.383. The quantitative estimate of drug-likeness (QED) is 0.778. The summed E-state index contributed by atoms with van der Waals surface area (Å²) in [7, 11) is 0. The van der Waals surface area contributed by atoms with Crippen LogP contribution in [0.3, 0.4) is 0 Å². The Morgan fingerprint density at radius 1 is 1.33 bits per heavy atom. The van der Waals surface area contributed by atoms with Gasteiger partial charge in [0.2, 0.25) is 5.95 Å². The van der Waals surface area contributed by atoms with Crippen molar-refractivity contribution >= 4 is 5.95 Å². The standard InChI is InChI=1S/C10H17N5/c11-4-1-9-2-7-15(8-3-9)10-12-5-6-13-14-10/h5-6,9H,1-4,7-8,11H2. The fourth-order valence-electron chi connectivity index (χ4n) is 2.04. The average molecular weight is 207 g/mol. The number of nitrogens with two attached hydrogens (primary N) is 1. The third-order valence-electron chi connectivity index (χ3n) is 2.94. The summed E-state index contributed by atoms with van der Waals surface area (Å²) in [5.74, 6) is 1.53. The van der Waals surface area contributed by atoms with E-state index in [0.29, 0.717) is 0 Å². The zero-order valence-electron chi connectivity index (χ0n) is 8.84. The van der Waals surface area contributed by atoms with Crippen LogP contribution < -0.4 is 10.6 Å². The molecule has 0 aliphatic carbocycles. The number of hydrogen-bond acceptors (Lipinski definition) is 5. The average Bonchev–Trinajstić information content (AvgIpc) is 2.32. The van der Waals surface area contributed by atoms with Gasteiger partial charge >= 0.3 is 0 Å². The van der Waals surface area contributed by atoms with E-state index in [4.69, 9.17) is 5.73 Å². The molecule has 0 unspecified atom stereocenters. The van der Waals surface area contributed by atoms with E-state index in [0.717, 1.165) is 37.9 Å². The molecule has 1 aliphatic heterocycles. The van der Waals surface area contributed by atoms with Gasteiger partial charge in [0.1, 0.15) is 0 Å². The first-order valence-corrected chi connectivity index (χ1v) is 5.49. The number of anilines is 1. The van der Waals surface area contributed by atoms with E-state index in [1.54, 1.807) is 12.4 Å². The van der Waals surface area contributed by atoms with Crippen molar-refractivity contribution in [2.75, 3.05) is 24.5 Å². The maximum Gasteiger partial charge on any atom is 0.245 e. The van der Waals surface area contributed by atoms with Crippen LogP contribution >= 0.6 is 0 Å². The summed E-state index contributed by atoms with van der Waals surface area (Å²) in [6.07, 6.45) is 6.81. The third kappa shape index (κ3) is 2.62. The van der Waals surface area contributed by atoms with Crippen molar-refractivity contribution in [3.63, 3.8) is 0 Å². The van der Waals surface area contributed by atoms with E-state index in [9.17, 15) is 0 Å². The fraction of sp³-hybridized carbons (Fsp3) is 0.700. The molecule has 0 bridgehead atoms. The smallest absolute Gasteiger partial charge is 0.245 e. The highest BCUT2D eigenvalue weighted by Gasteiger charge is 2.20. The van der Waals surface area contributed by atoms with Crippen LogP contribution in [0, 0.1) is 5.92 Å². The third-order valence-corrected chi connectivity index (χ3v) is 2.94. The molecule has 1 fully saturated rings. The van der Waals surface area contributed by atoms with Crippen LogP contribution in [0.1, 0.15) is 19.3 Å². The molecule has 5 heteroatoms. The Balaban J connectivity index is 1.88. The highest BCUT2D eigenvalue weighted by Crippen LogP contribution is 2.21. The van der Waals surface area contributed by atoms with Crippen LogP contribution in [0.15, 0.2) is 12.4 Å². The molecule has 1 aromatic heterocycles. The van der Waals surface area contributed by atoms with Gasteiger partial charge in [0.05, 0.1) is 12.4 Å². The minimum absolute atomic E-state index is 0.753. The normalized spacial score (nSPS) is 18.1. The van der Waals surface area contributed by atoms with Gasteiger partial charge in [-0.15, -0.1) is 5.10 Å². The molecular formula is C10H17N5.